The topological polar surface area (TPSA) is 74.2 Å². The zero-order valence-electron chi connectivity index (χ0n) is 10.0. The first-order valence-electron chi connectivity index (χ1n) is 5.00. The van der Waals surface area contributed by atoms with Gasteiger partial charge >= 0.3 is 5.97 Å². The molecule has 0 aromatic heterocycles. The second kappa shape index (κ2) is 8.46. The van der Waals surface area contributed by atoms with Crippen LogP contribution in [-0.4, -0.2) is 63.9 Å². The predicted molar refractivity (Wildman–Crippen MR) is 56.2 cm³/mol. The summed E-state index contributed by atoms with van der Waals surface area (Å²) in [5, 5.41) is 9.56. The van der Waals surface area contributed by atoms with Gasteiger partial charge in [0, 0.05) is 7.11 Å². The van der Waals surface area contributed by atoms with Crippen LogP contribution >= 0.6 is 0 Å². The average Bonchev–Trinajstić information content (AvgIpc) is 2.26. The van der Waals surface area contributed by atoms with Crippen LogP contribution in [0.25, 0.3) is 0 Å². The maximum absolute atomic E-state index is 11.0. The number of hydrogen-bond donors (Lipinski definition) is 1. The lowest BCUT2D eigenvalue weighted by molar-refractivity contribution is -0.167. The van der Waals surface area contributed by atoms with E-state index in [4.69, 9.17) is 14.2 Å². The van der Waals surface area contributed by atoms with Crippen molar-refractivity contribution < 1.29 is 28.8 Å². The molecule has 1 atom stereocenters. The van der Waals surface area contributed by atoms with Crippen molar-refractivity contribution in [1.29, 1.82) is 0 Å². The Labute approximate surface area is 95.4 Å². The molecule has 0 heterocycles. The molecular weight excluding hydrogens is 216 g/mol. The van der Waals surface area contributed by atoms with Crippen LogP contribution in [0.1, 0.15) is 6.92 Å². The van der Waals surface area contributed by atoms with Crippen molar-refractivity contribution in [1.82, 2.24) is 0 Å². The van der Waals surface area contributed by atoms with Crippen LogP contribution in [0, 0.1) is 0 Å². The molecule has 1 N–H and O–H groups in total. The fourth-order valence-corrected chi connectivity index (χ4v) is 0.912. The highest BCUT2D eigenvalue weighted by molar-refractivity contribution is 5.78. The van der Waals surface area contributed by atoms with Gasteiger partial charge in [0.1, 0.15) is 0 Å². The molecule has 16 heavy (non-hydrogen) atoms. The third kappa shape index (κ3) is 6.73. The summed E-state index contributed by atoms with van der Waals surface area (Å²) in [6.07, 6.45) is 0. The lowest BCUT2D eigenvalue weighted by Gasteiger charge is -2.19. The molecule has 0 spiro atoms. The van der Waals surface area contributed by atoms with Crippen LogP contribution < -0.4 is 0 Å². The number of hydrogen-bond acceptors (Lipinski definition) is 6. The predicted octanol–water partition coefficient (Wildman–Crippen LogP) is -0.410. The van der Waals surface area contributed by atoms with Crippen molar-refractivity contribution >= 4 is 5.97 Å². The van der Waals surface area contributed by atoms with Gasteiger partial charge in [-0.15, -0.1) is 0 Å². The van der Waals surface area contributed by atoms with E-state index in [2.05, 4.69) is 4.74 Å². The monoisotopic (exact) mass is 236 g/mol. The lowest BCUT2D eigenvalue weighted by atomic mass is 10.1. The van der Waals surface area contributed by atoms with Crippen LogP contribution in [0.15, 0.2) is 0 Å². The fourth-order valence-electron chi connectivity index (χ4n) is 0.912. The minimum Gasteiger partial charge on any atom is -0.467 e. The van der Waals surface area contributed by atoms with Crippen LogP contribution in [-0.2, 0) is 23.7 Å². The third-order valence-electron chi connectivity index (χ3n) is 1.81. The second-order valence-electron chi connectivity index (χ2n) is 3.42. The van der Waals surface area contributed by atoms with Crippen LogP contribution in [0.3, 0.4) is 0 Å². The highest BCUT2D eigenvalue weighted by atomic mass is 16.6. The minimum absolute atomic E-state index is 0.118. The molecule has 6 heteroatoms. The van der Waals surface area contributed by atoms with Gasteiger partial charge in [-0.05, 0) is 6.92 Å². The third-order valence-corrected chi connectivity index (χ3v) is 1.81. The van der Waals surface area contributed by atoms with Gasteiger partial charge < -0.3 is 24.1 Å². The Bertz CT molecular complexity index is 192. The van der Waals surface area contributed by atoms with Gasteiger partial charge in [-0.3, -0.25) is 0 Å². The number of rotatable bonds is 9. The van der Waals surface area contributed by atoms with Gasteiger partial charge in [0.2, 0.25) is 0 Å². The van der Waals surface area contributed by atoms with E-state index < -0.39 is 11.6 Å². The number of aliphatic hydroxyl groups is 1. The molecule has 0 aliphatic rings. The smallest absolute Gasteiger partial charge is 0.339 e. The second-order valence-corrected chi connectivity index (χ2v) is 3.42. The Balaban J connectivity index is 3.47. The summed E-state index contributed by atoms with van der Waals surface area (Å²) in [4.78, 5) is 11.0. The summed E-state index contributed by atoms with van der Waals surface area (Å²) in [5.74, 6) is -0.715. The van der Waals surface area contributed by atoms with Crippen LogP contribution in [0.4, 0.5) is 0 Å². The molecule has 0 rings (SSSR count). The van der Waals surface area contributed by atoms with E-state index in [1.165, 1.54) is 14.0 Å². The maximum Gasteiger partial charge on any atom is 0.339 e. The molecule has 0 saturated carbocycles. The van der Waals surface area contributed by atoms with E-state index in [-0.39, 0.29) is 6.61 Å². The number of ether oxygens (including phenoxy) is 4. The molecule has 0 bridgehead atoms. The largest absolute Gasteiger partial charge is 0.467 e. The highest BCUT2D eigenvalue weighted by Gasteiger charge is 2.31. The number of carbonyl (C=O) groups excluding carboxylic acids is 1. The van der Waals surface area contributed by atoms with Crippen molar-refractivity contribution in [2.75, 3.05) is 47.3 Å². The van der Waals surface area contributed by atoms with Crippen molar-refractivity contribution in [3.05, 3.63) is 0 Å². The quantitative estimate of drug-likeness (QED) is 0.433. The summed E-state index contributed by atoms with van der Waals surface area (Å²) in [6.45, 7) is 2.93. The molecule has 6 nitrogen and oxygen atoms in total. The zero-order chi connectivity index (χ0) is 12.4. The summed E-state index contributed by atoms with van der Waals surface area (Å²) in [7, 11) is 2.80. The number of esters is 1. The molecule has 0 aromatic rings. The van der Waals surface area contributed by atoms with E-state index in [0.29, 0.717) is 26.4 Å². The van der Waals surface area contributed by atoms with Crippen LogP contribution in [0.2, 0.25) is 0 Å². The van der Waals surface area contributed by atoms with E-state index in [0.717, 1.165) is 0 Å². The highest BCUT2D eigenvalue weighted by Crippen LogP contribution is 2.05. The van der Waals surface area contributed by atoms with E-state index in [9.17, 15) is 9.90 Å². The molecule has 0 saturated heterocycles. The Kier molecular flexibility index (Phi) is 8.10. The minimum atomic E-state index is -1.61. The first kappa shape index (κ1) is 15.3. The summed E-state index contributed by atoms with van der Waals surface area (Å²) >= 11 is 0. The maximum atomic E-state index is 11.0. The molecule has 0 aromatic carbocycles. The molecule has 0 fully saturated rings. The lowest BCUT2D eigenvalue weighted by Crippen LogP contribution is -2.41. The van der Waals surface area contributed by atoms with Gasteiger partial charge in [0.25, 0.3) is 0 Å². The van der Waals surface area contributed by atoms with Gasteiger partial charge in [-0.25, -0.2) is 4.79 Å². The zero-order valence-corrected chi connectivity index (χ0v) is 10.0. The van der Waals surface area contributed by atoms with Gasteiger partial charge in [-0.1, -0.05) is 0 Å². The fraction of sp³-hybridized carbons (Fsp3) is 0.900. The first-order valence-corrected chi connectivity index (χ1v) is 5.00. The van der Waals surface area contributed by atoms with E-state index in [1.807, 2.05) is 0 Å². The molecule has 0 amide bonds. The van der Waals surface area contributed by atoms with Crippen molar-refractivity contribution in [2.45, 2.75) is 12.5 Å². The number of methoxy groups -OCH3 is 2. The van der Waals surface area contributed by atoms with Crippen molar-refractivity contribution in [2.24, 2.45) is 0 Å². The Hall–Kier alpha value is -0.690. The Morgan fingerprint density at radius 2 is 1.69 bits per heavy atom. The van der Waals surface area contributed by atoms with E-state index in [1.54, 1.807) is 7.11 Å². The molecule has 1 unspecified atom stereocenters. The summed E-state index contributed by atoms with van der Waals surface area (Å²) in [6, 6.07) is 0. The SMILES string of the molecule is COCCOCCOCC(C)(O)C(=O)OC. The van der Waals surface area contributed by atoms with Crippen molar-refractivity contribution in [3.63, 3.8) is 0 Å². The normalized spacial score (nSPS) is 14.5. The first-order chi connectivity index (χ1) is 7.54. The van der Waals surface area contributed by atoms with Gasteiger partial charge in [-0.2, -0.15) is 0 Å². The molecule has 0 aliphatic heterocycles. The molecule has 0 aliphatic carbocycles. The Morgan fingerprint density at radius 3 is 2.25 bits per heavy atom. The molecule has 96 valence electrons. The van der Waals surface area contributed by atoms with Gasteiger partial charge in [0.15, 0.2) is 5.60 Å². The molecule has 0 radical (unpaired) electrons. The van der Waals surface area contributed by atoms with Crippen LogP contribution in [0.5, 0.6) is 0 Å². The Morgan fingerprint density at radius 1 is 1.12 bits per heavy atom. The van der Waals surface area contributed by atoms with Gasteiger partial charge in [0.05, 0.1) is 40.1 Å². The summed E-state index contributed by atoms with van der Waals surface area (Å²) in [5.41, 5.74) is -1.61. The molecular formula is C10H20O6. The number of carbonyl (C=O) groups is 1. The average molecular weight is 236 g/mol. The van der Waals surface area contributed by atoms with E-state index >= 15 is 0 Å². The summed E-state index contributed by atoms with van der Waals surface area (Å²) < 4.78 is 19.4. The van der Waals surface area contributed by atoms with Crippen molar-refractivity contribution in [3.8, 4) is 0 Å². The standard InChI is InChI=1S/C10H20O6/c1-10(12,9(11)14-3)8-16-7-6-15-5-4-13-2/h12H,4-8H2,1-3H3.